The minimum atomic E-state index is 0.276. The topological polar surface area (TPSA) is 75.2 Å². The number of aromatic nitrogens is 3. The number of ether oxygens (including phenoxy) is 1. The van der Waals surface area contributed by atoms with E-state index < -0.39 is 0 Å². The van der Waals surface area contributed by atoms with E-state index in [9.17, 15) is 0 Å². The predicted molar refractivity (Wildman–Crippen MR) is 136 cm³/mol. The summed E-state index contributed by atoms with van der Waals surface area (Å²) in [6.07, 6.45) is 8.66. The number of anilines is 2. The van der Waals surface area contributed by atoms with Gasteiger partial charge in [-0.3, -0.25) is 0 Å². The van der Waals surface area contributed by atoms with Crippen LogP contribution in [-0.4, -0.2) is 58.7 Å². The molecule has 2 aromatic heterocycles. The molecule has 1 atom stereocenters. The van der Waals surface area contributed by atoms with Crippen molar-refractivity contribution in [3.8, 4) is 17.0 Å². The molecule has 1 aliphatic heterocycles. The van der Waals surface area contributed by atoms with E-state index in [1.54, 1.807) is 13.4 Å². The van der Waals surface area contributed by atoms with Crippen LogP contribution in [-0.2, 0) is 0 Å². The second-order valence-corrected chi connectivity index (χ2v) is 9.43. The second kappa shape index (κ2) is 10.4. The van der Waals surface area contributed by atoms with Gasteiger partial charge < -0.3 is 20.3 Å². The molecule has 1 saturated heterocycles. The molecule has 0 amide bonds. The number of pyridine rings is 1. The lowest BCUT2D eigenvalue weighted by molar-refractivity contribution is 0.210. The van der Waals surface area contributed by atoms with Gasteiger partial charge in [-0.1, -0.05) is 25.1 Å². The molecule has 7 nitrogen and oxygen atoms in total. The molecular weight excluding hydrogens is 424 g/mol. The van der Waals surface area contributed by atoms with Crippen LogP contribution in [0.2, 0.25) is 0 Å². The van der Waals surface area contributed by atoms with Gasteiger partial charge in [0, 0.05) is 55.5 Å². The fraction of sp³-hybridized carbons (Fsp3) is 0.444. The third-order valence-corrected chi connectivity index (χ3v) is 6.93. The number of para-hydroxylation sites is 1. The van der Waals surface area contributed by atoms with Crippen LogP contribution in [0, 0.1) is 0 Å². The number of likely N-dealkylation sites (tertiary alicyclic amines) is 1. The summed E-state index contributed by atoms with van der Waals surface area (Å²) in [7, 11) is 1.71. The van der Waals surface area contributed by atoms with E-state index in [4.69, 9.17) is 4.74 Å². The van der Waals surface area contributed by atoms with Gasteiger partial charge in [-0.2, -0.15) is 0 Å². The van der Waals surface area contributed by atoms with E-state index in [1.807, 2.05) is 30.5 Å². The lowest BCUT2D eigenvalue weighted by Gasteiger charge is -2.32. The summed E-state index contributed by atoms with van der Waals surface area (Å²) in [5.41, 5.74) is 3.02. The van der Waals surface area contributed by atoms with Crippen LogP contribution in [0.3, 0.4) is 0 Å². The summed E-state index contributed by atoms with van der Waals surface area (Å²) in [4.78, 5) is 16.2. The molecule has 0 spiro atoms. The monoisotopic (exact) mass is 458 g/mol. The Morgan fingerprint density at radius 1 is 1.00 bits per heavy atom. The lowest BCUT2D eigenvalue weighted by atomic mass is 10.00. The van der Waals surface area contributed by atoms with E-state index in [0.29, 0.717) is 6.04 Å². The number of benzene rings is 1. The Bertz CT molecular complexity index is 1080. The zero-order chi connectivity index (χ0) is 23.3. The van der Waals surface area contributed by atoms with Crippen molar-refractivity contribution < 1.29 is 4.74 Å². The minimum absolute atomic E-state index is 0.276. The maximum absolute atomic E-state index is 5.50. The summed E-state index contributed by atoms with van der Waals surface area (Å²) in [5.74, 6) is 2.93. The second-order valence-electron chi connectivity index (χ2n) is 9.43. The summed E-state index contributed by atoms with van der Waals surface area (Å²) in [6.45, 7) is 5.33. The summed E-state index contributed by atoms with van der Waals surface area (Å²) >= 11 is 0. The first-order valence-corrected chi connectivity index (χ1v) is 12.4. The number of hydrogen-bond donors (Lipinski definition) is 2. The lowest BCUT2D eigenvalue weighted by Crippen LogP contribution is -2.40. The van der Waals surface area contributed by atoms with Gasteiger partial charge in [-0.15, -0.1) is 0 Å². The van der Waals surface area contributed by atoms with Crippen molar-refractivity contribution in [3.63, 3.8) is 0 Å². The quantitative estimate of drug-likeness (QED) is 0.477. The standard InChI is InChI=1S/C27H34N6O/c1-19(23-5-3-4-6-25(23)34-2)16-28-27-15-24(30-18-31-27)20-7-10-26(29-17-20)32-21-11-13-33(14-12-21)22-8-9-22/h3-7,10,15,17-19,21-22H,8-9,11-14,16H2,1-2H3,(H,29,32)(H,28,30,31). The number of rotatable bonds is 9. The number of methoxy groups -OCH3 is 1. The van der Waals surface area contributed by atoms with Crippen LogP contribution < -0.4 is 15.4 Å². The minimum Gasteiger partial charge on any atom is -0.496 e. The fourth-order valence-corrected chi connectivity index (χ4v) is 4.74. The molecule has 178 valence electrons. The number of nitrogens with zero attached hydrogens (tertiary/aromatic N) is 4. The van der Waals surface area contributed by atoms with Gasteiger partial charge in [0.2, 0.25) is 0 Å². The average molecular weight is 459 g/mol. The maximum Gasteiger partial charge on any atom is 0.129 e. The number of piperidine rings is 1. The molecule has 3 heterocycles. The van der Waals surface area contributed by atoms with E-state index in [1.165, 1.54) is 44.3 Å². The molecule has 2 fully saturated rings. The van der Waals surface area contributed by atoms with Crippen LogP contribution in [0.1, 0.15) is 44.1 Å². The predicted octanol–water partition coefficient (Wildman–Crippen LogP) is 4.80. The van der Waals surface area contributed by atoms with Gasteiger partial charge in [0.05, 0.1) is 12.8 Å². The highest BCUT2D eigenvalue weighted by molar-refractivity contribution is 5.62. The Hall–Kier alpha value is -3.19. The number of hydrogen-bond acceptors (Lipinski definition) is 7. The normalized spacial score (nSPS) is 17.8. The number of nitrogens with one attached hydrogen (secondary N) is 2. The first kappa shape index (κ1) is 22.6. The van der Waals surface area contributed by atoms with Crippen molar-refractivity contribution in [2.75, 3.05) is 37.4 Å². The largest absolute Gasteiger partial charge is 0.496 e. The van der Waals surface area contributed by atoms with Crippen molar-refractivity contribution in [1.29, 1.82) is 0 Å². The molecule has 7 heteroatoms. The zero-order valence-electron chi connectivity index (χ0n) is 20.1. The molecule has 1 saturated carbocycles. The van der Waals surface area contributed by atoms with Crippen LogP contribution >= 0.6 is 0 Å². The first-order valence-electron chi connectivity index (χ1n) is 12.4. The first-order chi connectivity index (χ1) is 16.7. The van der Waals surface area contributed by atoms with Gasteiger partial charge in [-0.25, -0.2) is 15.0 Å². The van der Waals surface area contributed by atoms with Gasteiger partial charge in [-0.05, 0) is 49.4 Å². The van der Waals surface area contributed by atoms with E-state index >= 15 is 0 Å². The fourth-order valence-electron chi connectivity index (χ4n) is 4.74. The van der Waals surface area contributed by atoms with Crippen molar-refractivity contribution in [3.05, 3.63) is 60.6 Å². The average Bonchev–Trinajstić information content (AvgIpc) is 3.74. The van der Waals surface area contributed by atoms with Crippen LogP contribution in [0.4, 0.5) is 11.6 Å². The third kappa shape index (κ3) is 5.47. The molecule has 0 bridgehead atoms. The molecule has 1 aromatic carbocycles. The van der Waals surface area contributed by atoms with E-state index in [0.717, 1.165) is 41.2 Å². The molecular formula is C27H34N6O. The van der Waals surface area contributed by atoms with Crippen molar-refractivity contribution in [2.24, 2.45) is 0 Å². The summed E-state index contributed by atoms with van der Waals surface area (Å²) < 4.78 is 5.50. The zero-order valence-corrected chi connectivity index (χ0v) is 20.1. The molecule has 34 heavy (non-hydrogen) atoms. The highest BCUT2D eigenvalue weighted by Gasteiger charge is 2.31. The van der Waals surface area contributed by atoms with Crippen molar-refractivity contribution in [1.82, 2.24) is 19.9 Å². The molecule has 1 aliphatic carbocycles. The Morgan fingerprint density at radius 3 is 2.56 bits per heavy atom. The van der Waals surface area contributed by atoms with Crippen LogP contribution in [0.15, 0.2) is 55.0 Å². The van der Waals surface area contributed by atoms with Gasteiger partial charge in [0.15, 0.2) is 0 Å². The highest BCUT2D eigenvalue weighted by atomic mass is 16.5. The smallest absolute Gasteiger partial charge is 0.129 e. The highest BCUT2D eigenvalue weighted by Crippen LogP contribution is 2.30. The Labute approximate surface area is 202 Å². The van der Waals surface area contributed by atoms with E-state index in [-0.39, 0.29) is 5.92 Å². The van der Waals surface area contributed by atoms with E-state index in [2.05, 4.69) is 55.6 Å². The molecule has 2 N–H and O–H groups in total. The summed E-state index contributed by atoms with van der Waals surface area (Å²) in [5, 5.41) is 7.06. The maximum atomic E-state index is 5.50. The van der Waals surface area contributed by atoms with Crippen molar-refractivity contribution >= 4 is 11.6 Å². The van der Waals surface area contributed by atoms with Crippen LogP contribution in [0.5, 0.6) is 5.75 Å². The Morgan fingerprint density at radius 2 is 1.82 bits per heavy atom. The molecule has 0 radical (unpaired) electrons. The van der Waals surface area contributed by atoms with Gasteiger partial charge in [0.1, 0.15) is 23.7 Å². The summed E-state index contributed by atoms with van der Waals surface area (Å²) in [6, 6.07) is 15.6. The molecule has 5 rings (SSSR count). The van der Waals surface area contributed by atoms with Crippen molar-refractivity contribution in [2.45, 2.75) is 50.6 Å². The third-order valence-electron chi connectivity index (χ3n) is 6.93. The Balaban J connectivity index is 1.17. The SMILES string of the molecule is COc1ccccc1C(C)CNc1cc(-c2ccc(NC3CCN(C4CC4)CC3)nc2)ncn1. The van der Waals surface area contributed by atoms with Crippen LogP contribution in [0.25, 0.3) is 11.3 Å². The Kier molecular flexibility index (Phi) is 6.90. The van der Waals surface area contributed by atoms with Gasteiger partial charge in [0.25, 0.3) is 0 Å². The van der Waals surface area contributed by atoms with Gasteiger partial charge >= 0.3 is 0 Å². The molecule has 3 aromatic rings. The molecule has 2 aliphatic rings. The molecule has 1 unspecified atom stereocenters.